The van der Waals surface area contributed by atoms with Crippen LogP contribution in [0, 0.1) is 5.92 Å². The molecule has 0 aliphatic heterocycles. The summed E-state index contributed by atoms with van der Waals surface area (Å²) in [6.45, 7) is 6.43. The van der Waals surface area contributed by atoms with E-state index in [2.05, 4.69) is 31.3 Å². The number of hydrogen-bond acceptors (Lipinski definition) is 2. The standard InChI is InChI=1S/C8H16N2/c1-7(2)8(3)5-6-10-9-4/h5-7,9H,1-4H3/b8-5+,10-6-. The Bertz CT molecular complexity index is 134. The van der Waals surface area contributed by atoms with Crippen molar-refractivity contribution in [2.24, 2.45) is 11.0 Å². The molecule has 0 rings (SSSR count). The molecule has 0 heterocycles. The largest absolute Gasteiger partial charge is 0.313 e. The smallest absolute Gasteiger partial charge is 0.0467 e. The van der Waals surface area contributed by atoms with Crippen LogP contribution in [0.3, 0.4) is 0 Å². The predicted octanol–water partition coefficient (Wildman–Crippen LogP) is 1.79. The Hall–Kier alpha value is -0.790. The third-order valence-electron chi connectivity index (χ3n) is 1.45. The lowest BCUT2D eigenvalue weighted by Crippen LogP contribution is -1.94. The highest BCUT2D eigenvalue weighted by Crippen LogP contribution is 2.05. The van der Waals surface area contributed by atoms with Gasteiger partial charge in [0.1, 0.15) is 0 Å². The Kier molecular flexibility index (Phi) is 4.63. The van der Waals surface area contributed by atoms with E-state index in [1.807, 2.05) is 6.08 Å². The maximum absolute atomic E-state index is 3.84. The van der Waals surface area contributed by atoms with Crippen LogP contribution in [0.2, 0.25) is 0 Å². The molecule has 0 aromatic carbocycles. The van der Waals surface area contributed by atoms with Gasteiger partial charge in [0.2, 0.25) is 0 Å². The van der Waals surface area contributed by atoms with Crippen molar-refractivity contribution < 1.29 is 0 Å². The molecule has 0 aliphatic rings. The van der Waals surface area contributed by atoms with Crippen LogP contribution < -0.4 is 5.43 Å². The first-order valence-electron chi connectivity index (χ1n) is 3.55. The van der Waals surface area contributed by atoms with Gasteiger partial charge in [-0.15, -0.1) is 0 Å². The molecule has 2 heteroatoms. The highest BCUT2D eigenvalue weighted by molar-refractivity contribution is 5.71. The van der Waals surface area contributed by atoms with Crippen LogP contribution in [0.1, 0.15) is 20.8 Å². The SMILES string of the molecule is CN/N=C\C=C(/C)C(C)C. The lowest BCUT2D eigenvalue weighted by atomic mass is 10.1. The summed E-state index contributed by atoms with van der Waals surface area (Å²) in [5, 5.41) is 3.84. The highest BCUT2D eigenvalue weighted by Gasteiger charge is 1.92. The van der Waals surface area contributed by atoms with E-state index >= 15 is 0 Å². The summed E-state index contributed by atoms with van der Waals surface area (Å²) in [5.74, 6) is 0.614. The fourth-order valence-corrected chi connectivity index (χ4v) is 0.422. The summed E-state index contributed by atoms with van der Waals surface area (Å²) in [6.07, 6.45) is 3.79. The first-order chi connectivity index (χ1) is 4.68. The van der Waals surface area contributed by atoms with Gasteiger partial charge in [-0.3, -0.25) is 0 Å². The van der Waals surface area contributed by atoms with Crippen molar-refractivity contribution in [2.75, 3.05) is 7.05 Å². The lowest BCUT2D eigenvalue weighted by molar-refractivity contribution is 0.770. The van der Waals surface area contributed by atoms with Gasteiger partial charge in [0.05, 0.1) is 0 Å². The zero-order valence-corrected chi connectivity index (χ0v) is 7.18. The first kappa shape index (κ1) is 9.21. The number of hydrogen-bond donors (Lipinski definition) is 1. The quantitative estimate of drug-likeness (QED) is 0.469. The molecule has 0 fully saturated rings. The van der Waals surface area contributed by atoms with Crippen LogP contribution >= 0.6 is 0 Å². The lowest BCUT2D eigenvalue weighted by Gasteiger charge is -2.01. The van der Waals surface area contributed by atoms with Gasteiger partial charge in [-0.25, -0.2) is 0 Å². The molecule has 0 aromatic heterocycles. The van der Waals surface area contributed by atoms with E-state index in [0.717, 1.165) is 0 Å². The minimum absolute atomic E-state index is 0.614. The second-order valence-corrected chi connectivity index (χ2v) is 2.57. The van der Waals surface area contributed by atoms with Crippen molar-refractivity contribution in [3.05, 3.63) is 11.6 Å². The Balaban J connectivity index is 3.79. The third kappa shape index (κ3) is 4.13. The van der Waals surface area contributed by atoms with Crippen molar-refractivity contribution in [2.45, 2.75) is 20.8 Å². The summed E-state index contributed by atoms with van der Waals surface area (Å²) < 4.78 is 0. The number of rotatable bonds is 3. The minimum Gasteiger partial charge on any atom is -0.313 e. The molecule has 0 radical (unpaired) electrons. The fraction of sp³-hybridized carbons (Fsp3) is 0.625. The van der Waals surface area contributed by atoms with Crippen LogP contribution in [0.15, 0.2) is 16.8 Å². The summed E-state index contributed by atoms with van der Waals surface area (Å²) >= 11 is 0. The number of nitrogens with zero attached hydrogens (tertiary/aromatic N) is 1. The van der Waals surface area contributed by atoms with E-state index < -0.39 is 0 Å². The predicted molar refractivity (Wildman–Crippen MR) is 46.1 cm³/mol. The number of allylic oxidation sites excluding steroid dienone is 2. The Labute approximate surface area is 63.0 Å². The van der Waals surface area contributed by atoms with E-state index in [-0.39, 0.29) is 0 Å². The molecule has 0 aliphatic carbocycles. The van der Waals surface area contributed by atoms with E-state index in [9.17, 15) is 0 Å². The normalized spacial score (nSPS) is 13.1. The molecule has 1 N–H and O–H groups in total. The van der Waals surface area contributed by atoms with Gasteiger partial charge in [0.15, 0.2) is 0 Å². The first-order valence-corrected chi connectivity index (χ1v) is 3.55. The molecule has 0 amide bonds. The van der Waals surface area contributed by atoms with E-state index in [4.69, 9.17) is 0 Å². The van der Waals surface area contributed by atoms with Gasteiger partial charge in [-0.1, -0.05) is 19.4 Å². The Morgan fingerprint density at radius 2 is 2.10 bits per heavy atom. The van der Waals surface area contributed by atoms with Crippen molar-refractivity contribution in [1.82, 2.24) is 5.43 Å². The van der Waals surface area contributed by atoms with Gasteiger partial charge in [0, 0.05) is 13.3 Å². The monoisotopic (exact) mass is 140 g/mol. The van der Waals surface area contributed by atoms with Crippen molar-refractivity contribution >= 4 is 6.21 Å². The maximum atomic E-state index is 3.84. The van der Waals surface area contributed by atoms with Gasteiger partial charge < -0.3 is 5.43 Å². The maximum Gasteiger partial charge on any atom is 0.0467 e. The molecule has 2 nitrogen and oxygen atoms in total. The summed E-state index contributed by atoms with van der Waals surface area (Å²) in [6, 6.07) is 0. The summed E-state index contributed by atoms with van der Waals surface area (Å²) in [5.41, 5.74) is 4.03. The van der Waals surface area contributed by atoms with E-state index in [1.165, 1.54) is 5.57 Å². The highest BCUT2D eigenvalue weighted by atomic mass is 15.3. The molecule has 0 aromatic rings. The van der Waals surface area contributed by atoms with Gasteiger partial charge in [-0.2, -0.15) is 5.10 Å². The third-order valence-corrected chi connectivity index (χ3v) is 1.45. The van der Waals surface area contributed by atoms with Gasteiger partial charge in [-0.05, 0) is 18.9 Å². The Morgan fingerprint density at radius 1 is 1.50 bits per heavy atom. The second kappa shape index (κ2) is 5.03. The molecule has 0 unspecified atom stereocenters. The average Bonchev–Trinajstić information content (AvgIpc) is 1.88. The van der Waals surface area contributed by atoms with Crippen molar-refractivity contribution in [1.29, 1.82) is 0 Å². The molecular formula is C8H16N2. The fourth-order valence-electron chi connectivity index (χ4n) is 0.422. The molecule has 58 valence electrons. The molecule has 0 saturated heterocycles. The van der Waals surface area contributed by atoms with Crippen LogP contribution in [0.25, 0.3) is 0 Å². The van der Waals surface area contributed by atoms with E-state index in [1.54, 1.807) is 13.3 Å². The Morgan fingerprint density at radius 3 is 2.50 bits per heavy atom. The van der Waals surface area contributed by atoms with Crippen LogP contribution in [0.5, 0.6) is 0 Å². The van der Waals surface area contributed by atoms with Gasteiger partial charge >= 0.3 is 0 Å². The molecule has 0 saturated carbocycles. The molecule has 10 heavy (non-hydrogen) atoms. The van der Waals surface area contributed by atoms with Crippen LogP contribution in [-0.2, 0) is 0 Å². The second-order valence-electron chi connectivity index (χ2n) is 2.57. The van der Waals surface area contributed by atoms with Crippen LogP contribution in [0.4, 0.5) is 0 Å². The zero-order chi connectivity index (χ0) is 7.98. The summed E-state index contributed by atoms with van der Waals surface area (Å²) in [4.78, 5) is 0. The van der Waals surface area contributed by atoms with E-state index in [0.29, 0.717) is 5.92 Å². The number of nitrogens with one attached hydrogen (secondary N) is 1. The molecule has 0 spiro atoms. The average molecular weight is 140 g/mol. The molecule has 0 atom stereocenters. The van der Waals surface area contributed by atoms with Crippen molar-refractivity contribution in [3.8, 4) is 0 Å². The minimum atomic E-state index is 0.614. The zero-order valence-electron chi connectivity index (χ0n) is 7.18. The summed E-state index contributed by atoms with van der Waals surface area (Å²) in [7, 11) is 1.79. The molecule has 0 bridgehead atoms. The number of hydrazone groups is 1. The van der Waals surface area contributed by atoms with Gasteiger partial charge in [0.25, 0.3) is 0 Å². The topological polar surface area (TPSA) is 24.4 Å². The van der Waals surface area contributed by atoms with Crippen molar-refractivity contribution in [3.63, 3.8) is 0 Å². The van der Waals surface area contributed by atoms with Crippen LogP contribution in [-0.4, -0.2) is 13.3 Å². The molecular weight excluding hydrogens is 124 g/mol.